The van der Waals surface area contributed by atoms with Crippen molar-refractivity contribution in [1.82, 2.24) is 5.43 Å². The number of hydrazone groups is 1. The number of carbonyl (C=O) groups is 2. The third kappa shape index (κ3) is 3.10. The van der Waals surface area contributed by atoms with Crippen LogP contribution in [-0.2, 0) is 9.59 Å². The normalized spacial score (nSPS) is 14.7. The smallest absolute Gasteiger partial charge is 0.271 e. The Hall–Kier alpha value is -1.82. The van der Waals surface area contributed by atoms with Crippen LogP contribution in [0.3, 0.4) is 0 Å². The van der Waals surface area contributed by atoms with Gasteiger partial charge < -0.3 is 5.32 Å². The summed E-state index contributed by atoms with van der Waals surface area (Å²) in [7, 11) is 0. The molecule has 1 heterocycles. The first kappa shape index (κ1) is 12.6. The lowest BCUT2D eigenvalue weighted by molar-refractivity contribution is -0.121. The highest BCUT2D eigenvalue weighted by atomic mass is 32.2. The highest BCUT2D eigenvalue weighted by Gasteiger charge is 2.18. The summed E-state index contributed by atoms with van der Waals surface area (Å²) in [6.45, 7) is 0. The summed E-state index contributed by atoms with van der Waals surface area (Å²) in [6.07, 6.45) is 2.65. The Morgan fingerprint density at radius 1 is 1.44 bits per heavy atom. The molecule has 1 aromatic carbocycles. The number of nitrogens with one attached hydrogen (secondary N) is 2. The van der Waals surface area contributed by atoms with Gasteiger partial charge in [0.15, 0.2) is 0 Å². The molecule has 1 aliphatic rings. The molecule has 0 spiro atoms. The van der Waals surface area contributed by atoms with Gasteiger partial charge in [-0.15, -0.1) is 11.8 Å². The van der Waals surface area contributed by atoms with Crippen LogP contribution < -0.4 is 10.7 Å². The molecule has 0 unspecified atom stereocenters. The molecule has 94 valence electrons. The average Bonchev–Trinajstić information content (AvgIpc) is 2.39. The standard InChI is InChI=1S/C12H13N3O2S/c1-18-9-4-2-3-8(7-9)13-12(17)10-5-6-11(16)15-14-10/h2-4,7H,5-6H2,1H3,(H,13,17)(H,15,16). The Kier molecular flexibility index (Phi) is 3.99. The maximum atomic E-state index is 11.9. The molecular formula is C12H13N3O2S. The van der Waals surface area contributed by atoms with Crippen molar-refractivity contribution >= 4 is 35.0 Å². The van der Waals surface area contributed by atoms with E-state index in [2.05, 4.69) is 15.8 Å². The lowest BCUT2D eigenvalue weighted by atomic mass is 10.1. The van der Waals surface area contributed by atoms with Crippen LogP contribution in [-0.4, -0.2) is 23.8 Å². The minimum atomic E-state index is -0.270. The predicted molar refractivity (Wildman–Crippen MR) is 71.7 cm³/mol. The van der Waals surface area contributed by atoms with E-state index in [1.54, 1.807) is 11.8 Å². The molecule has 0 aliphatic carbocycles. The SMILES string of the molecule is CSc1cccc(NC(=O)C2=NNC(=O)CC2)c1. The zero-order valence-corrected chi connectivity index (χ0v) is 10.7. The van der Waals surface area contributed by atoms with E-state index in [9.17, 15) is 9.59 Å². The molecule has 6 heteroatoms. The van der Waals surface area contributed by atoms with Gasteiger partial charge in [-0.2, -0.15) is 5.10 Å². The van der Waals surface area contributed by atoms with Gasteiger partial charge in [-0.05, 0) is 24.5 Å². The van der Waals surface area contributed by atoms with Crippen molar-refractivity contribution < 1.29 is 9.59 Å². The Morgan fingerprint density at radius 2 is 2.28 bits per heavy atom. The van der Waals surface area contributed by atoms with Crippen LogP contribution >= 0.6 is 11.8 Å². The largest absolute Gasteiger partial charge is 0.321 e. The summed E-state index contributed by atoms with van der Waals surface area (Å²) in [4.78, 5) is 23.9. The van der Waals surface area contributed by atoms with Crippen LogP contribution in [0.1, 0.15) is 12.8 Å². The quantitative estimate of drug-likeness (QED) is 0.814. The Labute approximate surface area is 109 Å². The molecule has 1 aliphatic heterocycles. The van der Waals surface area contributed by atoms with Gasteiger partial charge in [0.2, 0.25) is 5.91 Å². The van der Waals surface area contributed by atoms with E-state index in [0.29, 0.717) is 18.6 Å². The Balaban J connectivity index is 2.04. The van der Waals surface area contributed by atoms with Crippen molar-refractivity contribution in [3.8, 4) is 0 Å². The highest BCUT2D eigenvalue weighted by Crippen LogP contribution is 2.19. The van der Waals surface area contributed by atoms with E-state index >= 15 is 0 Å². The molecule has 1 aromatic rings. The molecule has 18 heavy (non-hydrogen) atoms. The third-order valence-electron chi connectivity index (χ3n) is 2.49. The molecule has 5 nitrogen and oxygen atoms in total. The van der Waals surface area contributed by atoms with Crippen molar-refractivity contribution in [2.24, 2.45) is 5.10 Å². The summed E-state index contributed by atoms with van der Waals surface area (Å²) in [5.41, 5.74) is 3.38. The summed E-state index contributed by atoms with van der Waals surface area (Å²) in [6, 6.07) is 7.56. The van der Waals surface area contributed by atoms with Crippen LogP contribution in [0.4, 0.5) is 5.69 Å². The van der Waals surface area contributed by atoms with Crippen LogP contribution in [0.5, 0.6) is 0 Å². The Bertz CT molecular complexity index is 514. The Morgan fingerprint density at radius 3 is 2.94 bits per heavy atom. The fourth-order valence-corrected chi connectivity index (χ4v) is 2.00. The maximum absolute atomic E-state index is 11.9. The number of rotatable bonds is 3. The monoisotopic (exact) mass is 263 g/mol. The van der Waals surface area contributed by atoms with Crippen molar-refractivity contribution in [3.05, 3.63) is 24.3 Å². The van der Waals surface area contributed by atoms with Gasteiger partial charge in [0.1, 0.15) is 5.71 Å². The molecule has 2 rings (SSSR count). The van der Waals surface area contributed by atoms with Crippen molar-refractivity contribution in [3.63, 3.8) is 0 Å². The fraction of sp³-hybridized carbons (Fsp3) is 0.250. The molecule has 0 fully saturated rings. The zero-order chi connectivity index (χ0) is 13.0. The topological polar surface area (TPSA) is 70.6 Å². The number of hydrogen-bond donors (Lipinski definition) is 2. The minimum absolute atomic E-state index is 0.157. The number of amides is 2. The van der Waals surface area contributed by atoms with Gasteiger partial charge in [0.25, 0.3) is 5.91 Å². The molecule has 0 radical (unpaired) electrons. The van der Waals surface area contributed by atoms with Crippen molar-refractivity contribution in [2.75, 3.05) is 11.6 Å². The summed E-state index contributed by atoms with van der Waals surface area (Å²) in [5.74, 6) is -0.427. The highest BCUT2D eigenvalue weighted by molar-refractivity contribution is 7.98. The minimum Gasteiger partial charge on any atom is -0.321 e. The maximum Gasteiger partial charge on any atom is 0.271 e. The first-order valence-electron chi connectivity index (χ1n) is 5.50. The van der Waals surface area contributed by atoms with Crippen LogP contribution in [0.2, 0.25) is 0 Å². The predicted octanol–water partition coefficient (Wildman–Crippen LogP) is 1.61. The molecule has 0 saturated heterocycles. The number of hydrogen-bond acceptors (Lipinski definition) is 4. The van der Waals surface area contributed by atoms with E-state index in [1.165, 1.54) is 0 Å². The van der Waals surface area contributed by atoms with Crippen LogP contribution in [0.25, 0.3) is 0 Å². The van der Waals surface area contributed by atoms with Gasteiger partial charge >= 0.3 is 0 Å². The van der Waals surface area contributed by atoms with Gasteiger partial charge in [0, 0.05) is 23.4 Å². The number of carbonyl (C=O) groups excluding carboxylic acids is 2. The van der Waals surface area contributed by atoms with Gasteiger partial charge in [-0.3, -0.25) is 9.59 Å². The van der Waals surface area contributed by atoms with Crippen LogP contribution in [0, 0.1) is 0 Å². The molecule has 0 bridgehead atoms. The van der Waals surface area contributed by atoms with Gasteiger partial charge in [0.05, 0.1) is 0 Å². The van der Waals surface area contributed by atoms with Crippen LogP contribution in [0.15, 0.2) is 34.3 Å². The zero-order valence-electron chi connectivity index (χ0n) is 9.90. The van der Waals surface area contributed by atoms with E-state index < -0.39 is 0 Å². The molecule has 2 amide bonds. The molecule has 0 atom stereocenters. The van der Waals surface area contributed by atoms with Gasteiger partial charge in [-0.25, -0.2) is 5.43 Å². The number of nitrogens with zero attached hydrogens (tertiary/aromatic N) is 1. The summed E-state index contributed by atoms with van der Waals surface area (Å²) in [5, 5.41) is 6.52. The van der Waals surface area contributed by atoms with Crippen molar-refractivity contribution in [2.45, 2.75) is 17.7 Å². The van der Waals surface area contributed by atoms with E-state index in [-0.39, 0.29) is 11.8 Å². The first-order valence-corrected chi connectivity index (χ1v) is 6.72. The molecule has 0 aromatic heterocycles. The van der Waals surface area contributed by atoms with E-state index in [1.807, 2.05) is 30.5 Å². The second kappa shape index (κ2) is 5.68. The third-order valence-corrected chi connectivity index (χ3v) is 3.22. The fourth-order valence-electron chi connectivity index (χ4n) is 1.54. The average molecular weight is 263 g/mol. The molecule has 0 saturated carbocycles. The lowest BCUT2D eigenvalue weighted by Gasteiger charge is -2.12. The van der Waals surface area contributed by atoms with Crippen molar-refractivity contribution in [1.29, 1.82) is 0 Å². The second-order valence-electron chi connectivity index (χ2n) is 3.78. The summed E-state index contributed by atoms with van der Waals surface area (Å²) >= 11 is 1.61. The summed E-state index contributed by atoms with van der Waals surface area (Å²) < 4.78 is 0. The number of anilines is 1. The van der Waals surface area contributed by atoms with E-state index in [4.69, 9.17) is 0 Å². The molecule has 2 N–H and O–H groups in total. The van der Waals surface area contributed by atoms with E-state index in [0.717, 1.165) is 10.6 Å². The first-order chi connectivity index (χ1) is 8.69. The van der Waals surface area contributed by atoms with Gasteiger partial charge in [-0.1, -0.05) is 6.07 Å². The lowest BCUT2D eigenvalue weighted by Crippen LogP contribution is -2.32. The number of benzene rings is 1. The second-order valence-corrected chi connectivity index (χ2v) is 4.66. The molecular weight excluding hydrogens is 250 g/mol. The number of thioether (sulfide) groups is 1.